The Balaban J connectivity index is 1.64. The highest BCUT2D eigenvalue weighted by Gasteiger charge is 2.19. The maximum absolute atomic E-state index is 12.7. The van der Waals surface area contributed by atoms with Gasteiger partial charge in [0.2, 0.25) is 0 Å². The highest BCUT2D eigenvalue weighted by atomic mass is 32.1. The van der Waals surface area contributed by atoms with Crippen LogP contribution < -0.4 is 5.56 Å². The summed E-state index contributed by atoms with van der Waals surface area (Å²) in [6.45, 7) is 7.57. The van der Waals surface area contributed by atoms with Crippen molar-refractivity contribution < 1.29 is 0 Å². The van der Waals surface area contributed by atoms with Crippen LogP contribution in [0.4, 0.5) is 0 Å². The summed E-state index contributed by atoms with van der Waals surface area (Å²) in [6.07, 6.45) is 6.85. The monoisotopic (exact) mass is 394 g/mol. The fraction of sp³-hybridized carbons (Fsp3) is 0.409. The molecule has 3 aromatic rings. The molecule has 0 unspecified atom stereocenters. The van der Waals surface area contributed by atoms with E-state index in [0.717, 1.165) is 53.9 Å². The summed E-state index contributed by atoms with van der Waals surface area (Å²) in [5.41, 5.74) is 4.63. The molecule has 1 aliphatic heterocycles. The average Bonchev–Trinajstić information content (AvgIpc) is 3.21. The minimum absolute atomic E-state index is 0.0561. The summed E-state index contributed by atoms with van der Waals surface area (Å²) < 4.78 is 0. The molecule has 0 aromatic carbocycles. The highest BCUT2D eigenvalue weighted by molar-refractivity contribution is 7.13. The van der Waals surface area contributed by atoms with Crippen molar-refractivity contribution >= 4 is 11.3 Å². The van der Waals surface area contributed by atoms with Crippen LogP contribution >= 0.6 is 11.3 Å². The molecule has 4 heterocycles. The van der Waals surface area contributed by atoms with Crippen molar-refractivity contribution in [3.63, 3.8) is 0 Å². The van der Waals surface area contributed by atoms with Gasteiger partial charge < -0.3 is 4.98 Å². The quantitative estimate of drug-likeness (QED) is 0.699. The van der Waals surface area contributed by atoms with Crippen LogP contribution in [-0.2, 0) is 13.0 Å². The topological polar surface area (TPSA) is 61.9 Å². The van der Waals surface area contributed by atoms with E-state index in [1.54, 1.807) is 23.7 Å². The number of hydrogen-bond donors (Lipinski definition) is 1. The van der Waals surface area contributed by atoms with Gasteiger partial charge in [-0.25, -0.2) is 4.98 Å². The first-order chi connectivity index (χ1) is 13.6. The molecular formula is C22H26N4OS. The number of pyridine rings is 2. The second kappa shape index (κ2) is 8.37. The van der Waals surface area contributed by atoms with Gasteiger partial charge in [-0.1, -0.05) is 13.8 Å². The molecule has 6 heteroatoms. The van der Waals surface area contributed by atoms with Crippen molar-refractivity contribution in [1.82, 2.24) is 19.9 Å². The Morgan fingerprint density at radius 1 is 1.25 bits per heavy atom. The van der Waals surface area contributed by atoms with E-state index in [4.69, 9.17) is 4.98 Å². The molecule has 1 fully saturated rings. The Morgan fingerprint density at radius 3 is 2.71 bits per heavy atom. The summed E-state index contributed by atoms with van der Waals surface area (Å²) in [6, 6.07) is 5.94. The van der Waals surface area contributed by atoms with Crippen molar-refractivity contribution in [2.45, 2.75) is 39.7 Å². The number of nitrogens with one attached hydrogen (secondary N) is 1. The molecule has 146 valence electrons. The van der Waals surface area contributed by atoms with Gasteiger partial charge >= 0.3 is 0 Å². The second-order valence-corrected chi connectivity index (χ2v) is 8.46. The Kier molecular flexibility index (Phi) is 5.69. The van der Waals surface area contributed by atoms with E-state index in [1.165, 1.54) is 18.4 Å². The molecule has 0 bridgehead atoms. The highest BCUT2D eigenvalue weighted by Crippen LogP contribution is 2.28. The molecule has 5 nitrogen and oxygen atoms in total. The van der Waals surface area contributed by atoms with Gasteiger partial charge in [-0.2, -0.15) is 0 Å². The minimum atomic E-state index is -0.0561. The predicted octanol–water partition coefficient (Wildman–Crippen LogP) is 4.35. The van der Waals surface area contributed by atoms with Gasteiger partial charge in [-0.3, -0.25) is 14.7 Å². The smallest absolute Gasteiger partial charge is 0.257 e. The maximum Gasteiger partial charge on any atom is 0.257 e. The zero-order valence-corrected chi connectivity index (χ0v) is 17.3. The first-order valence-electron chi connectivity index (χ1n) is 9.97. The molecule has 0 aliphatic carbocycles. The van der Waals surface area contributed by atoms with Crippen LogP contribution in [0.5, 0.6) is 0 Å². The fourth-order valence-corrected chi connectivity index (χ4v) is 4.57. The van der Waals surface area contributed by atoms with Crippen LogP contribution in [0.2, 0.25) is 0 Å². The molecular weight excluding hydrogens is 368 g/mol. The summed E-state index contributed by atoms with van der Waals surface area (Å²) >= 11 is 1.56. The Labute approximate surface area is 169 Å². The van der Waals surface area contributed by atoms with Crippen molar-refractivity contribution in [1.29, 1.82) is 0 Å². The third-order valence-electron chi connectivity index (χ3n) is 5.55. The normalized spacial score (nSPS) is 15.8. The molecule has 1 aliphatic rings. The molecule has 0 spiro atoms. The van der Waals surface area contributed by atoms with E-state index in [2.05, 4.69) is 34.8 Å². The van der Waals surface area contributed by atoms with Crippen LogP contribution in [0.3, 0.4) is 0 Å². The largest absolute Gasteiger partial charge is 0.325 e. The molecule has 0 radical (unpaired) electrons. The lowest BCUT2D eigenvalue weighted by Gasteiger charge is -2.30. The molecule has 4 rings (SSSR count). The van der Waals surface area contributed by atoms with Gasteiger partial charge in [0.25, 0.3) is 5.56 Å². The Morgan fingerprint density at radius 2 is 2.00 bits per heavy atom. The molecule has 0 atom stereocenters. The number of aryl methyl sites for hydroxylation is 1. The SMILES string of the molecule is CCc1[nH]c(=O)c(-c2csc(-c3ccncc3)n2)cc1CN1CCC(C)CC1. The first-order valence-corrected chi connectivity index (χ1v) is 10.9. The lowest BCUT2D eigenvalue weighted by molar-refractivity contribution is 0.184. The van der Waals surface area contributed by atoms with E-state index in [9.17, 15) is 4.79 Å². The third kappa shape index (κ3) is 4.08. The molecule has 0 saturated carbocycles. The second-order valence-electron chi connectivity index (χ2n) is 7.60. The fourth-order valence-electron chi connectivity index (χ4n) is 3.74. The maximum atomic E-state index is 12.7. The number of likely N-dealkylation sites (tertiary alicyclic amines) is 1. The van der Waals surface area contributed by atoms with Gasteiger partial charge in [0, 0.05) is 35.6 Å². The summed E-state index contributed by atoms with van der Waals surface area (Å²) in [4.78, 5) is 27.1. The summed E-state index contributed by atoms with van der Waals surface area (Å²) in [7, 11) is 0. The van der Waals surface area contributed by atoms with Gasteiger partial charge in [-0.15, -0.1) is 11.3 Å². The third-order valence-corrected chi connectivity index (χ3v) is 6.44. The number of aromatic amines is 1. The zero-order valence-electron chi connectivity index (χ0n) is 16.4. The number of nitrogens with zero attached hydrogens (tertiary/aromatic N) is 3. The number of thiazole rings is 1. The summed E-state index contributed by atoms with van der Waals surface area (Å²) in [5.74, 6) is 0.814. The van der Waals surface area contributed by atoms with Crippen molar-refractivity contribution in [3.8, 4) is 21.8 Å². The molecule has 1 N–H and O–H groups in total. The first kappa shape index (κ1) is 19.0. The Bertz CT molecular complexity index is 987. The van der Waals surface area contributed by atoms with E-state index in [1.807, 2.05) is 17.5 Å². The summed E-state index contributed by atoms with van der Waals surface area (Å²) in [5, 5.41) is 2.88. The number of H-pyrrole nitrogens is 1. The van der Waals surface area contributed by atoms with Crippen LogP contribution in [-0.4, -0.2) is 32.9 Å². The number of aromatic nitrogens is 3. The van der Waals surface area contributed by atoms with Gasteiger partial charge in [0.15, 0.2) is 0 Å². The van der Waals surface area contributed by atoms with Gasteiger partial charge in [-0.05, 0) is 62.0 Å². The number of rotatable bonds is 5. The van der Waals surface area contributed by atoms with Crippen molar-refractivity contribution in [2.75, 3.05) is 13.1 Å². The number of piperidine rings is 1. The van der Waals surface area contributed by atoms with Crippen molar-refractivity contribution in [2.24, 2.45) is 5.92 Å². The van der Waals surface area contributed by atoms with E-state index in [-0.39, 0.29) is 5.56 Å². The average molecular weight is 395 g/mol. The zero-order chi connectivity index (χ0) is 19.5. The van der Waals surface area contributed by atoms with Gasteiger partial charge in [0.05, 0.1) is 11.3 Å². The van der Waals surface area contributed by atoms with E-state index in [0.29, 0.717) is 5.56 Å². The number of hydrogen-bond acceptors (Lipinski definition) is 5. The predicted molar refractivity (Wildman–Crippen MR) is 114 cm³/mol. The van der Waals surface area contributed by atoms with Crippen LogP contribution in [0, 0.1) is 5.92 Å². The minimum Gasteiger partial charge on any atom is -0.325 e. The lowest BCUT2D eigenvalue weighted by Crippen LogP contribution is -2.33. The molecule has 28 heavy (non-hydrogen) atoms. The van der Waals surface area contributed by atoms with E-state index < -0.39 is 0 Å². The van der Waals surface area contributed by atoms with Gasteiger partial charge in [0.1, 0.15) is 5.01 Å². The molecule has 3 aromatic heterocycles. The molecule has 1 saturated heterocycles. The van der Waals surface area contributed by atoms with Crippen LogP contribution in [0.1, 0.15) is 37.9 Å². The standard InChI is InChI=1S/C22H26N4OS/c1-3-19-17(13-26-10-6-15(2)7-11-26)12-18(21(27)24-19)20-14-28-22(25-20)16-4-8-23-9-5-16/h4-5,8-9,12,14-15H,3,6-7,10-11,13H2,1-2H3,(H,24,27). The van der Waals surface area contributed by atoms with Crippen LogP contribution in [0.25, 0.3) is 21.8 Å². The Hall–Kier alpha value is -2.31. The van der Waals surface area contributed by atoms with Crippen molar-refractivity contribution in [3.05, 3.63) is 57.6 Å². The van der Waals surface area contributed by atoms with E-state index >= 15 is 0 Å². The van der Waals surface area contributed by atoms with Crippen LogP contribution in [0.15, 0.2) is 40.8 Å². The molecule has 0 amide bonds. The lowest BCUT2D eigenvalue weighted by atomic mass is 9.98.